The molecule has 0 radical (unpaired) electrons. The van der Waals surface area contributed by atoms with Crippen molar-refractivity contribution in [2.24, 2.45) is 0 Å². The minimum Gasteiger partial charge on any atom is -0.492 e. The lowest BCUT2D eigenvalue weighted by Gasteiger charge is -2.08. The molecule has 0 atom stereocenters. The number of aryl methyl sites for hydroxylation is 1. The summed E-state index contributed by atoms with van der Waals surface area (Å²) in [6.07, 6.45) is 0. The van der Waals surface area contributed by atoms with Gasteiger partial charge in [-0.1, -0.05) is 36.4 Å². The van der Waals surface area contributed by atoms with Crippen molar-refractivity contribution in [1.82, 2.24) is 5.32 Å². The zero-order valence-corrected chi connectivity index (χ0v) is 14.4. The summed E-state index contributed by atoms with van der Waals surface area (Å²) in [6, 6.07) is 16.6. The van der Waals surface area contributed by atoms with Crippen molar-refractivity contribution in [2.45, 2.75) is 6.92 Å². The summed E-state index contributed by atoms with van der Waals surface area (Å²) in [6.45, 7) is 2.05. The lowest BCUT2D eigenvalue weighted by Crippen LogP contribution is -2.32. The first-order valence-corrected chi connectivity index (χ1v) is 8.25. The molecule has 3 aromatic rings. The number of fused-ring (bicyclic) bond motifs is 1. The van der Waals surface area contributed by atoms with E-state index in [1.54, 1.807) is 13.0 Å². The molecule has 0 fully saturated rings. The molecule has 1 aromatic heterocycles. The Hall–Kier alpha value is -3.28. The van der Waals surface area contributed by atoms with E-state index >= 15 is 0 Å². The maximum Gasteiger partial charge on any atom is 0.375 e. The first-order chi connectivity index (χ1) is 12.6. The summed E-state index contributed by atoms with van der Waals surface area (Å²) in [5.74, 6) is -0.210. The summed E-state index contributed by atoms with van der Waals surface area (Å²) in [5, 5.41) is 3.48. The average molecular weight is 353 g/mol. The molecule has 6 nitrogen and oxygen atoms in total. The molecule has 134 valence electrons. The SMILES string of the molecule is Cc1c(C(=O)OCC(=O)NCCOc2ccccc2)oc2ccccc12. The molecule has 0 aliphatic rings. The molecule has 0 spiro atoms. The monoisotopic (exact) mass is 353 g/mol. The second-order valence-corrected chi connectivity index (χ2v) is 5.64. The Balaban J connectivity index is 1.43. The molecule has 1 N–H and O–H groups in total. The molecule has 0 saturated heterocycles. The number of furan rings is 1. The molecule has 0 aliphatic carbocycles. The van der Waals surface area contributed by atoms with Crippen LogP contribution in [0.25, 0.3) is 11.0 Å². The highest BCUT2D eigenvalue weighted by molar-refractivity contribution is 5.96. The Morgan fingerprint density at radius 2 is 1.77 bits per heavy atom. The Morgan fingerprint density at radius 3 is 2.54 bits per heavy atom. The molecule has 2 aromatic carbocycles. The quantitative estimate of drug-likeness (QED) is 0.522. The molecule has 1 heterocycles. The number of hydrogen-bond donors (Lipinski definition) is 1. The smallest absolute Gasteiger partial charge is 0.375 e. The summed E-state index contributed by atoms with van der Waals surface area (Å²) in [4.78, 5) is 23.9. The van der Waals surface area contributed by atoms with Crippen molar-refractivity contribution in [3.05, 3.63) is 65.9 Å². The van der Waals surface area contributed by atoms with E-state index in [0.717, 1.165) is 11.1 Å². The number of carbonyl (C=O) groups is 2. The number of esters is 1. The van der Waals surface area contributed by atoms with Gasteiger partial charge in [0, 0.05) is 10.9 Å². The van der Waals surface area contributed by atoms with Crippen LogP contribution in [0.15, 0.2) is 59.0 Å². The van der Waals surface area contributed by atoms with Crippen LogP contribution in [0.1, 0.15) is 16.1 Å². The Kier molecular flexibility index (Phi) is 5.53. The standard InChI is InChI=1S/C20H19NO5/c1-14-16-9-5-6-10-17(16)26-19(14)20(23)25-13-18(22)21-11-12-24-15-7-3-2-4-8-15/h2-10H,11-13H2,1H3,(H,21,22). The van der Waals surface area contributed by atoms with Gasteiger partial charge in [-0.05, 0) is 25.1 Å². The first kappa shape index (κ1) is 17.5. The van der Waals surface area contributed by atoms with Crippen LogP contribution < -0.4 is 10.1 Å². The highest BCUT2D eigenvalue weighted by Gasteiger charge is 2.19. The van der Waals surface area contributed by atoms with Crippen molar-refractivity contribution in [1.29, 1.82) is 0 Å². The highest BCUT2D eigenvalue weighted by atomic mass is 16.5. The fourth-order valence-corrected chi connectivity index (χ4v) is 2.49. The second kappa shape index (κ2) is 8.20. The number of nitrogens with one attached hydrogen (secondary N) is 1. The van der Waals surface area contributed by atoms with Gasteiger partial charge in [-0.25, -0.2) is 4.79 Å². The lowest BCUT2D eigenvalue weighted by molar-refractivity contribution is -0.124. The van der Waals surface area contributed by atoms with Gasteiger partial charge in [-0.2, -0.15) is 0 Å². The zero-order chi connectivity index (χ0) is 18.4. The third-order valence-electron chi connectivity index (χ3n) is 3.80. The van der Waals surface area contributed by atoms with Gasteiger partial charge >= 0.3 is 5.97 Å². The van der Waals surface area contributed by atoms with Crippen LogP contribution in [-0.2, 0) is 9.53 Å². The molecule has 26 heavy (non-hydrogen) atoms. The van der Waals surface area contributed by atoms with Gasteiger partial charge < -0.3 is 19.2 Å². The number of rotatable bonds is 7. The van der Waals surface area contributed by atoms with Crippen LogP contribution in [0, 0.1) is 6.92 Å². The van der Waals surface area contributed by atoms with Crippen molar-refractivity contribution < 1.29 is 23.5 Å². The number of amides is 1. The molecule has 0 unspecified atom stereocenters. The van der Waals surface area contributed by atoms with E-state index in [-0.39, 0.29) is 12.4 Å². The van der Waals surface area contributed by atoms with E-state index in [1.165, 1.54) is 0 Å². The van der Waals surface area contributed by atoms with E-state index in [2.05, 4.69) is 5.32 Å². The zero-order valence-electron chi connectivity index (χ0n) is 14.4. The molecular formula is C20H19NO5. The maximum atomic E-state index is 12.1. The molecule has 1 amide bonds. The number of carbonyl (C=O) groups excluding carboxylic acids is 2. The summed E-state index contributed by atoms with van der Waals surface area (Å²) >= 11 is 0. The van der Waals surface area contributed by atoms with Crippen LogP contribution in [0.3, 0.4) is 0 Å². The topological polar surface area (TPSA) is 77.8 Å². The molecule has 0 saturated carbocycles. The van der Waals surface area contributed by atoms with Gasteiger partial charge in [0.1, 0.15) is 17.9 Å². The molecular weight excluding hydrogens is 334 g/mol. The van der Waals surface area contributed by atoms with E-state index in [9.17, 15) is 9.59 Å². The predicted octanol–water partition coefficient (Wildman–Crippen LogP) is 3.09. The van der Waals surface area contributed by atoms with Crippen LogP contribution in [-0.4, -0.2) is 31.6 Å². The van der Waals surface area contributed by atoms with E-state index in [4.69, 9.17) is 13.9 Å². The fourth-order valence-electron chi connectivity index (χ4n) is 2.49. The van der Waals surface area contributed by atoms with Gasteiger partial charge in [-0.3, -0.25) is 4.79 Å². The minimum absolute atomic E-state index is 0.117. The minimum atomic E-state index is -0.658. The molecule has 3 rings (SSSR count). The molecule has 0 bridgehead atoms. The molecule has 6 heteroatoms. The number of hydrogen-bond acceptors (Lipinski definition) is 5. The summed E-state index contributed by atoms with van der Waals surface area (Å²) in [5.41, 5.74) is 1.31. The van der Waals surface area contributed by atoms with Gasteiger partial charge in [0.25, 0.3) is 5.91 Å². The predicted molar refractivity (Wildman–Crippen MR) is 96.2 cm³/mol. The second-order valence-electron chi connectivity index (χ2n) is 5.64. The van der Waals surface area contributed by atoms with Gasteiger partial charge in [-0.15, -0.1) is 0 Å². The molecule has 0 aliphatic heterocycles. The maximum absolute atomic E-state index is 12.1. The van der Waals surface area contributed by atoms with Crippen molar-refractivity contribution in [3.8, 4) is 5.75 Å². The van der Waals surface area contributed by atoms with Crippen molar-refractivity contribution in [2.75, 3.05) is 19.8 Å². The summed E-state index contributed by atoms with van der Waals surface area (Å²) in [7, 11) is 0. The van der Waals surface area contributed by atoms with Crippen molar-refractivity contribution >= 4 is 22.8 Å². The van der Waals surface area contributed by atoms with Gasteiger partial charge in [0.15, 0.2) is 6.61 Å². The van der Waals surface area contributed by atoms with Crippen LogP contribution in [0.2, 0.25) is 0 Å². The number of para-hydroxylation sites is 2. The Morgan fingerprint density at radius 1 is 1.04 bits per heavy atom. The first-order valence-electron chi connectivity index (χ1n) is 8.25. The Labute approximate surface area is 150 Å². The van der Waals surface area contributed by atoms with Crippen molar-refractivity contribution in [3.63, 3.8) is 0 Å². The normalized spacial score (nSPS) is 10.5. The fraction of sp³-hybridized carbons (Fsp3) is 0.200. The lowest BCUT2D eigenvalue weighted by atomic mass is 10.1. The van der Waals surface area contributed by atoms with Crippen LogP contribution in [0.5, 0.6) is 5.75 Å². The Bertz CT molecular complexity index is 901. The van der Waals surface area contributed by atoms with Crippen LogP contribution >= 0.6 is 0 Å². The van der Waals surface area contributed by atoms with Crippen LogP contribution in [0.4, 0.5) is 0 Å². The average Bonchev–Trinajstić information content (AvgIpc) is 3.01. The third kappa shape index (κ3) is 4.22. The van der Waals surface area contributed by atoms with E-state index in [1.807, 2.05) is 48.5 Å². The largest absolute Gasteiger partial charge is 0.492 e. The van der Waals surface area contributed by atoms with E-state index < -0.39 is 11.9 Å². The summed E-state index contributed by atoms with van der Waals surface area (Å²) < 4.78 is 16.0. The number of ether oxygens (including phenoxy) is 2. The third-order valence-corrected chi connectivity index (χ3v) is 3.80. The van der Waals surface area contributed by atoms with E-state index in [0.29, 0.717) is 24.3 Å². The number of benzene rings is 2. The highest BCUT2D eigenvalue weighted by Crippen LogP contribution is 2.25. The van der Waals surface area contributed by atoms with Gasteiger partial charge in [0.05, 0.1) is 6.54 Å². The van der Waals surface area contributed by atoms with Gasteiger partial charge in [0.2, 0.25) is 5.76 Å².